The van der Waals surface area contributed by atoms with Crippen LogP contribution in [0.3, 0.4) is 0 Å². The van der Waals surface area contributed by atoms with Crippen LogP contribution >= 0.6 is 0 Å². The number of hydrogen-bond donors (Lipinski definition) is 0. The maximum Gasteiger partial charge on any atom is 0.338 e. The average molecular weight is 355 g/mol. The van der Waals surface area contributed by atoms with Gasteiger partial charge in [0.1, 0.15) is 6.61 Å². The van der Waals surface area contributed by atoms with Crippen LogP contribution in [0.15, 0.2) is 48.5 Å². The Morgan fingerprint density at radius 1 is 0.923 bits per heavy atom. The number of Topliss-reactive ketones (excluding diaryl/α,β-unsaturated/α-hetero) is 1. The number of esters is 2. The van der Waals surface area contributed by atoms with Gasteiger partial charge in [-0.05, 0) is 29.8 Å². The van der Waals surface area contributed by atoms with Crippen molar-refractivity contribution in [1.29, 1.82) is 0 Å². The van der Waals surface area contributed by atoms with Crippen molar-refractivity contribution >= 4 is 23.4 Å². The number of ether oxygens (including phenoxy) is 2. The van der Waals surface area contributed by atoms with Crippen molar-refractivity contribution in [2.45, 2.75) is 13.5 Å². The number of hydrogen-bond acceptors (Lipinski definition) is 6. The zero-order valence-electron chi connectivity index (χ0n) is 15.0. The first-order valence-electron chi connectivity index (χ1n) is 8.07. The lowest BCUT2D eigenvalue weighted by Gasteiger charge is -2.13. The fourth-order valence-electron chi connectivity index (χ4n) is 2.20. The lowest BCUT2D eigenvalue weighted by Crippen LogP contribution is -2.12. The maximum atomic E-state index is 12.1. The van der Waals surface area contributed by atoms with Crippen molar-refractivity contribution in [1.82, 2.24) is 0 Å². The third-order valence-electron chi connectivity index (χ3n) is 3.65. The van der Waals surface area contributed by atoms with E-state index in [-0.39, 0.29) is 19.0 Å². The van der Waals surface area contributed by atoms with Crippen LogP contribution in [0.2, 0.25) is 0 Å². The molecule has 0 amide bonds. The largest absolute Gasteiger partial charge is 0.457 e. The summed E-state index contributed by atoms with van der Waals surface area (Å²) in [5.41, 5.74) is 2.62. The molecule has 0 saturated carbocycles. The van der Waals surface area contributed by atoms with Crippen LogP contribution < -0.4 is 4.90 Å². The minimum atomic E-state index is -0.517. The van der Waals surface area contributed by atoms with E-state index in [1.165, 1.54) is 31.2 Å². The molecule has 6 heteroatoms. The molecule has 0 saturated heterocycles. The third kappa shape index (κ3) is 5.44. The van der Waals surface area contributed by atoms with E-state index in [1.807, 2.05) is 43.3 Å². The molecule has 0 N–H and O–H groups in total. The highest BCUT2D eigenvalue weighted by Gasteiger charge is 2.11. The Labute approximate surface area is 152 Å². The first kappa shape index (κ1) is 19.2. The van der Waals surface area contributed by atoms with E-state index in [1.54, 1.807) is 0 Å². The molecule has 0 atom stereocenters. The molecule has 0 aliphatic rings. The molecular formula is C20H21NO5. The van der Waals surface area contributed by atoms with Gasteiger partial charge in [-0.25, -0.2) is 4.79 Å². The molecule has 136 valence electrons. The second kappa shape index (κ2) is 8.80. The molecule has 0 heterocycles. The fraction of sp³-hybridized carbons (Fsp3) is 0.250. The minimum absolute atomic E-state index is 0.160. The number of ketones is 1. The quantitative estimate of drug-likeness (QED) is 0.562. The highest BCUT2D eigenvalue weighted by Crippen LogP contribution is 2.15. The predicted octanol–water partition coefficient (Wildman–Crippen LogP) is 2.86. The minimum Gasteiger partial charge on any atom is -0.457 e. The molecule has 2 aromatic carbocycles. The Bertz CT molecular complexity index is 796. The summed E-state index contributed by atoms with van der Waals surface area (Å²) in [7, 11) is 3.88. The van der Waals surface area contributed by atoms with Crippen LogP contribution in [0.4, 0.5) is 5.69 Å². The number of carbonyl (C=O) groups is 3. The topological polar surface area (TPSA) is 72.9 Å². The van der Waals surface area contributed by atoms with E-state index < -0.39 is 11.9 Å². The summed E-state index contributed by atoms with van der Waals surface area (Å²) in [5, 5.41) is 0. The van der Waals surface area contributed by atoms with Crippen molar-refractivity contribution in [3.63, 3.8) is 0 Å². The highest BCUT2D eigenvalue weighted by molar-refractivity contribution is 5.99. The molecule has 0 spiro atoms. The van der Waals surface area contributed by atoms with Crippen LogP contribution in [0, 0.1) is 0 Å². The molecule has 6 nitrogen and oxygen atoms in total. The van der Waals surface area contributed by atoms with Crippen LogP contribution in [0.5, 0.6) is 0 Å². The first-order valence-corrected chi connectivity index (χ1v) is 8.07. The standard InChI is InChI=1S/C20H21NO5/c1-14(22)25-13-19(23)16-7-9-17(10-8-16)20(24)26-12-15-5-4-6-18(11-15)21(2)3/h4-11H,12-13H2,1-3H3. The first-order chi connectivity index (χ1) is 12.4. The lowest BCUT2D eigenvalue weighted by atomic mass is 10.1. The summed E-state index contributed by atoms with van der Waals surface area (Å²) in [4.78, 5) is 36.7. The molecule has 0 radical (unpaired) electrons. The molecule has 26 heavy (non-hydrogen) atoms. The second-order valence-electron chi connectivity index (χ2n) is 5.92. The molecule has 0 aliphatic heterocycles. The van der Waals surface area contributed by atoms with Gasteiger partial charge in [-0.1, -0.05) is 24.3 Å². The zero-order chi connectivity index (χ0) is 19.1. The lowest BCUT2D eigenvalue weighted by molar-refractivity contribution is -0.139. The maximum absolute atomic E-state index is 12.1. The van der Waals surface area contributed by atoms with Gasteiger partial charge in [-0.15, -0.1) is 0 Å². The summed E-state index contributed by atoms with van der Waals surface area (Å²) in [6.45, 7) is 1.08. The number of anilines is 1. The molecule has 0 aliphatic carbocycles. The number of benzene rings is 2. The molecule has 0 fully saturated rings. The summed E-state index contributed by atoms with van der Waals surface area (Å²) in [5.74, 6) is -1.32. The van der Waals surface area contributed by atoms with Crippen LogP contribution in [-0.2, 0) is 20.9 Å². The summed E-state index contributed by atoms with van der Waals surface area (Å²) in [6.07, 6.45) is 0. The van der Waals surface area contributed by atoms with Gasteiger partial charge in [0.05, 0.1) is 5.56 Å². The van der Waals surface area contributed by atoms with E-state index in [9.17, 15) is 14.4 Å². The highest BCUT2D eigenvalue weighted by atomic mass is 16.5. The molecule has 0 aromatic heterocycles. The average Bonchev–Trinajstić information content (AvgIpc) is 2.64. The van der Waals surface area contributed by atoms with Crippen molar-refractivity contribution in [3.05, 3.63) is 65.2 Å². The van der Waals surface area contributed by atoms with E-state index in [2.05, 4.69) is 4.74 Å². The van der Waals surface area contributed by atoms with Gasteiger partial charge in [-0.2, -0.15) is 0 Å². The van der Waals surface area contributed by atoms with E-state index >= 15 is 0 Å². The Kier molecular flexibility index (Phi) is 6.49. The van der Waals surface area contributed by atoms with Crippen LogP contribution in [-0.4, -0.2) is 38.4 Å². The summed E-state index contributed by atoms with van der Waals surface area (Å²) >= 11 is 0. The molecule has 2 rings (SSSR count). The molecule has 0 unspecified atom stereocenters. The molecule has 0 bridgehead atoms. The van der Waals surface area contributed by atoms with E-state index in [0.717, 1.165) is 11.3 Å². The van der Waals surface area contributed by atoms with Crippen LogP contribution in [0.25, 0.3) is 0 Å². The Balaban J connectivity index is 1.94. The summed E-state index contributed by atoms with van der Waals surface area (Å²) < 4.78 is 9.98. The number of nitrogens with zero attached hydrogens (tertiary/aromatic N) is 1. The fourth-order valence-corrected chi connectivity index (χ4v) is 2.20. The zero-order valence-corrected chi connectivity index (χ0v) is 15.0. The smallest absolute Gasteiger partial charge is 0.338 e. The van der Waals surface area contributed by atoms with Gasteiger partial charge in [0.2, 0.25) is 0 Å². The van der Waals surface area contributed by atoms with Crippen molar-refractivity contribution in [2.24, 2.45) is 0 Å². The Morgan fingerprint density at radius 2 is 1.58 bits per heavy atom. The van der Waals surface area contributed by atoms with E-state index in [4.69, 9.17) is 4.74 Å². The van der Waals surface area contributed by atoms with Crippen molar-refractivity contribution in [3.8, 4) is 0 Å². The van der Waals surface area contributed by atoms with Crippen molar-refractivity contribution in [2.75, 3.05) is 25.6 Å². The van der Waals surface area contributed by atoms with Gasteiger partial charge in [0.15, 0.2) is 12.4 Å². The Morgan fingerprint density at radius 3 is 2.19 bits per heavy atom. The normalized spacial score (nSPS) is 10.1. The van der Waals surface area contributed by atoms with Gasteiger partial charge in [0.25, 0.3) is 0 Å². The second-order valence-corrected chi connectivity index (χ2v) is 5.92. The molecular weight excluding hydrogens is 334 g/mol. The summed E-state index contributed by atoms with van der Waals surface area (Å²) in [6, 6.07) is 13.8. The van der Waals surface area contributed by atoms with E-state index in [0.29, 0.717) is 11.1 Å². The van der Waals surface area contributed by atoms with Gasteiger partial charge in [-0.3, -0.25) is 9.59 Å². The Hall–Kier alpha value is -3.15. The van der Waals surface area contributed by atoms with Crippen molar-refractivity contribution < 1.29 is 23.9 Å². The number of rotatable bonds is 7. The predicted molar refractivity (Wildman–Crippen MR) is 97.3 cm³/mol. The SMILES string of the molecule is CC(=O)OCC(=O)c1ccc(C(=O)OCc2cccc(N(C)C)c2)cc1. The molecule has 2 aromatic rings. The number of carbonyl (C=O) groups excluding carboxylic acids is 3. The van der Waals surface area contributed by atoms with Gasteiger partial charge in [0, 0.05) is 32.3 Å². The van der Waals surface area contributed by atoms with Crippen LogP contribution in [0.1, 0.15) is 33.2 Å². The van der Waals surface area contributed by atoms with Gasteiger partial charge < -0.3 is 14.4 Å². The monoisotopic (exact) mass is 355 g/mol. The third-order valence-corrected chi connectivity index (χ3v) is 3.65. The van der Waals surface area contributed by atoms with Gasteiger partial charge >= 0.3 is 11.9 Å².